The zero-order valence-electron chi connectivity index (χ0n) is 14.8. The van der Waals surface area contributed by atoms with Gasteiger partial charge in [-0.05, 0) is 44.2 Å². The first-order valence-corrected chi connectivity index (χ1v) is 8.63. The van der Waals surface area contributed by atoms with Crippen LogP contribution in [0.5, 0.6) is 0 Å². The third-order valence-corrected chi connectivity index (χ3v) is 4.31. The van der Waals surface area contributed by atoms with Crippen molar-refractivity contribution >= 4 is 11.6 Å². The minimum Gasteiger partial charge on any atom is -0.354 e. The first kappa shape index (κ1) is 16.2. The summed E-state index contributed by atoms with van der Waals surface area (Å²) < 4.78 is 2.10. The standard InChI is InChI=1S/C20H20N6/c1-14-6-7-17(15(2)24-14)18-9-11-22-20(25-18)21-10-8-16-13-23-19-5-3-4-12-26(16)19/h3-7,9,11-13H,8,10H2,1-2H3,(H,21,22,25). The number of anilines is 1. The van der Waals surface area contributed by atoms with E-state index in [9.17, 15) is 0 Å². The van der Waals surface area contributed by atoms with Crippen molar-refractivity contribution < 1.29 is 0 Å². The molecule has 4 rings (SSSR count). The van der Waals surface area contributed by atoms with E-state index >= 15 is 0 Å². The SMILES string of the molecule is Cc1ccc(-c2ccnc(NCCc3cnc4ccccn34)n2)c(C)n1. The zero-order valence-corrected chi connectivity index (χ0v) is 14.8. The summed E-state index contributed by atoms with van der Waals surface area (Å²) in [5, 5.41) is 3.30. The minimum absolute atomic E-state index is 0.622. The first-order valence-electron chi connectivity index (χ1n) is 8.63. The maximum absolute atomic E-state index is 4.63. The van der Waals surface area contributed by atoms with Crippen LogP contribution in [0.4, 0.5) is 5.95 Å². The third-order valence-electron chi connectivity index (χ3n) is 4.31. The Morgan fingerprint density at radius 2 is 1.92 bits per heavy atom. The number of imidazole rings is 1. The Morgan fingerprint density at radius 3 is 2.81 bits per heavy atom. The van der Waals surface area contributed by atoms with E-state index in [0.717, 1.165) is 47.0 Å². The highest BCUT2D eigenvalue weighted by molar-refractivity contribution is 5.62. The zero-order chi connectivity index (χ0) is 17.9. The second-order valence-corrected chi connectivity index (χ2v) is 6.21. The van der Waals surface area contributed by atoms with Gasteiger partial charge in [-0.15, -0.1) is 0 Å². The average Bonchev–Trinajstić information content (AvgIpc) is 3.05. The number of rotatable bonds is 5. The molecule has 4 aromatic rings. The Bertz CT molecular complexity index is 1050. The summed E-state index contributed by atoms with van der Waals surface area (Å²) in [6, 6.07) is 12.0. The summed E-state index contributed by atoms with van der Waals surface area (Å²) in [4.78, 5) is 17.9. The van der Waals surface area contributed by atoms with Crippen LogP contribution < -0.4 is 5.32 Å². The molecule has 0 atom stereocenters. The van der Waals surface area contributed by atoms with E-state index in [1.54, 1.807) is 6.20 Å². The van der Waals surface area contributed by atoms with Crippen molar-refractivity contribution in [3.8, 4) is 11.3 Å². The lowest BCUT2D eigenvalue weighted by Crippen LogP contribution is -2.09. The van der Waals surface area contributed by atoms with Crippen molar-refractivity contribution in [3.63, 3.8) is 0 Å². The van der Waals surface area contributed by atoms with E-state index in [0.29, 0.717) is 5.95 Å². The van der Waals surface area contributed by atoms with Gasteiger partial charge in [-0.2, -0.15) is 0 Å². The van der Waals surface area contributed by atoms with Crippen molar-refractivity contribution in [3.05, 3.63) is 72.1 Å². The molecule has 0 aromatic carbocycles. The van der Waals surface area contributed by atoms with E-state index < -0.39 is 0 Å². The molecular weight excluding hydrogens is 324 g/mol. The normalized spacial score (nSPS) is 11.0. The highest BCUT2D eigenvalue weighted by Crippen LogP contribution is 2.20. The molecule has 4 heterocycles. The molecular formula is C20H20N6. The van der Waals surface area contributed by atoms with Crippen molar-refractivity contribution in [2.45, 2.75) is 20.3 Å². The third kappa shape index (κ3) is 3.26. The second-order valence-electron chi connectivity index (χ2n) is 6.21. The van der Waals surface area contributed by atoms with Crippen LogP contribution in [0.2, 0.25) is 0 Å². The Balaban J connectivity index is 1.47. The fraction of sp³-hybridized carbons (Fsp3) is 0.200. The van der Waals surface area contributed by atoms with Crippen molar-refractivity contribution in [1.29, 1.82) is 0 Å². The predicted octanol–water partition coefficient (Wildman–Crippen LogP) is 3.46. The van der Waals surface area contributed by atoms with Gasteiger partial charge in [-0.25, -0.2) is 15.0 Å². The maximum atomic E-state index is 4.63. The van der Waals surface area contributed by atoms with Crippen LogP contribution in [-0.2, 0) is 6.42 Å². The Hall–Kier alpha value is -3.28. The molecule has 26 heavy (non-hydrogen) atoms. The van der Waals surface area contributed by atoms with Crippen LogP contribution in [0.25, 0.3) is 16.9 Å². The lowest BCUT2D eigenvalue weighted by molar-refractivity contribution is 0.922. The molecule has 0 fully saturated rings. The molecule has 0 spiro atoms. The van der Waals surface area contributed by atoms with Gasteiger partial charge in [0.25, 0.3) is 0 Å². The molecule has 4 aromatic heterocycles. The molecule has 0 saturated heterocycles. The summed E-state index contributed by atoms with van der Waals surface area (Å²) in [6.07, 6.45) is 6.56. The maximum Gasteiger partial charge on any atom is 0.223 e. The van der Waals surface area contributed by atoms with E-state index in [4.69, 9.17) is 0 Å². The summed E-state index contributed by atoms with van der Waals surface area (Å²) in [5.41, 5.74) is 6.00. The Morgan fingerprint density at radius 1 is 1.00 bits per heavy atom. The number of hydrogen-bond acceptors (Lipinski definition) is 5. The van der Waals surface area contributed by atoms with Gasteiger partial charge in [-0.1, -0.05) is 6.07 Å². The van der Waals surface area contributed by atoms with Gasteiger partial charge in [0, 0.05) is 54.2 Å². The summed E-state index contributed by atoms with van der Waals surface area (Å²) in [5.74, 6) is 0.622. The molecule has 0 bridgehead atoms. The van der Waals surface area contributed by atoms with E-state index in [-0.39, 0.29) is 0 Å². The van der Waals surface area contributed by atoms with E-state index in [1.807, 2.05) is 56.6 Å². The van der Waals surface area contributed by atoms with Gasteiger partial charge in [0.1, 0.15) is 5.65 Å². The highest BCUT2D eigenvalue weighted by Gasteiger charge is 2.07. The van der Waals surface area contributed by atoms with Gasteiger partial charge in [0.2, 0.25) is 5.95 Å². The second kappa shape index (κ2) is 6.92. The van der Waals surface area contributed by atoms with Gasteiger partial charge < -0.3 is 9.72 Å². The number of nitrogens with zero attached hydrogens (tertiary/aromatic N) is 5. The van der Waals surface area contributed by atoms with Crippen LogP contribution >= 0.6 is 0 Å². The van der Waals surface area contributed by atoms with Crippen LogP contribution in [0.15, 0.2) is 55.0 Å². The van der Waals surface area contributed by atoms with E-state index in [1.165, 1.54) is 0 Å². The van der Waals surface area contributed by atoms with Crippen molar-refractivity contribution in [1.82, 2.24) is 24.3 Å². The molecule has 0 radical (unpaired) electrons. The average molecular weight is 344 g/mol. The number of nitrogens with one attached hydrogen (secondary N) is 1. The van der Waals surface area contributed by atoms with Gasteiger partial charge in [0.15, 0.2) is 0 Å². The summed E-state index contributed by atoms with van der Waals surface area (Å²) in [6.45, 7) is 4.73. The van der Waals surface area contributed by atoms with Crippen molar-refractivity contribution in [2.75, 3.05) is 11.9 Å². The fourth-order valence-electron chi connectivity index (χ4n) is 3.02. The van der Waals surface area contributed by atoms with E-state index in [2.05, 4.69) is 35.7 Å². The number of pyridine rings is 2. The molecule has 6 heteroatoms. The topological polar surface area (TPSA) is 68.0 Å². The Kier molecular flexibility index (Phi) is 4.31. The largest absolute Gasteiger partial charge is 0.354 e. The van der Waals surface area contributed by atoms with Crippen LogP contribution in [0.3, 0.4) is 0 Å². The van der Waals surface area contributed by atoms with Crippen LogP contribution in [0, 0.1) is 13.8 Å². The lowest BCUT2D eigenvalue weighted by Gasteiger charge is -2.08. The number of fused-ring (bicyclic) bond motifs is 1. The van der Waals surface area contributed by atoms with Gasteiger partial charge in [-0.3, -0.25) is 4.98 Å². The Labute approximate surface area is 152 Å². The molecule has 6 nitrogen and oxygen atoms in total. The molecule has 0 aliphatic rings. The van der Waals surface area contributed by atoms with Gasteiger partial charge >= 0.3 is 0 Å². The first-order chi connectivity index (χ1) is 12.7. The molecule has 0 saturated carbocycles. The lowest BCUT2D eigenvalue weighted by atomic mass is 10.1. The predicted molar refractivity (Wildman–Crippen MR) is 102 cm³/mol. The number of aryl methyl sites for hydroxylation is 2. The number of aromatic nitrogens is 5. The van der Waals surface area contributed by atoms with Gasteiger partial charge in [0.05, 0.1) is 5.69 Å². The molecule has 130 valence electrons. The van der Waals surface area contributed by atoms with Crippen molar-refractivity contribution in [2.24, 2.45) is 0 Å². The summed E-state index contributed by atoms with van der Waals surface area (Å²) >= 11 is 0. The van der Waals surface area contributed by atoms with Crippen LogP contribution in [0.1, 0.15) is 17.1 Å². The molecule has 0 aliphatic carbocycles. The minimum atomic E-state index is 0.622. The summed E-state index contributed by atoms with van der Waals surface area (Å²) in [7, 11) is 0. The number of hydrogen-bond donors (Lipinski definition) is 1. The molecule has 0 unspecified atom stereocenters. The molecule has 0 aliphatic heterocycles. The fourth-order valence-corrected chi connectivity index (χ4v) is 3.02. The molecule has 1 N–H and O–H groups in total. The van der Waals surface area contributed by atoms with Crippen LogP contribution in [-0.4, -0.2) is 30.9 Å². The smallest absolute Gasteiger partial charge is 0.223 e. The molecule has 0 amide bonds. The monoisotopic (exact) mass is 344 g/mol. The highest BCUT2D eigenvalue weighted by atomic mass is 15.1. The quantitative estimate of drug-likeness (QED) is 0.600.